The van der Waals surface area contributed by atoms with Crippen LogP contribution in [0.5, 0.6) is 0 Å². The van der Waals surface area contributed by atoms with Crippen LogP contribution in [0.25, 0.3) is 104 Å². The van der Waals surface area contributed by atoms with Crippen molar-refractivity contribution in [1.29, 1.82) is 0 Å². The number of benzene rings is 13. The number of fused-ring (bicyclic) bond motifs is 10. The lowest BCUT2D eigenvalue weighted by Crippen LogP contribution is -2.61. The van der Waals surface area contributed by atoms with Gasteiger partial charge >= 0.3 is 0 Å². The molecule has 0 radical (unpaired) electrons. The van der Waals surface area contributed by atoms with Gasteiger partial charge < -0.3 is 18.9 Å². The number of hydrogen-bond donors (Lipinski definition) is 0. The molecule has 2 aromatic heterocycles. The van der Waals surface area contributed by atoms with Gasteiger partial charge in [-0.05, 0) is 204 Å². The Kier molecular flexibility index (Phi) is 14.8. The predicted molar refractivity (Wildman–Crippen MR) is 437 cm³/mol. The summed E-state index contributed by atoms with van der Waals surface area (Å²) >= 11 is 0. The Hall–Kier alpha value is -11.4. The van der Waals surface area contributed by atoms with Crippen molar-refractivity contribution in [2.24, 2.45) is 0 Å². The molecule has 0 saturated carbocycles. The first-order chi connectivity index (χ1) is 49.0. The molecule has 2 aliphatic heterocycles. The van der Waals surface area contributed by atoms with Gasteiger partial charge in [0, 0.05) is 72.5 Å². The highest BCUT2D eigenvalue weighted by molar-refractivity contribution is 7.00. The summed E-state index contributed by atoms with van der Waals surface area (Å²) in [5.74, 6) is 0. The third kappa shape index (κ3) is 10.5. The zero-order chi connectivity index (χ0) is 70.5. The Morgan fingerprint density at radius 1 is 0.304 bits per heavy atom. The van der Waals surface area contributed by atoms with Crippen LogP contribution < -0.4 is 26.2 Å². The van der Waals surface area contributed by atoms with Crippen molar-refractivity contribution in [2.75, 3.05) is 9.80 Å². The van der Waals surface area contributed by atoms with Gasteiger partial charge in [0.2, 0.25) is 0 Å². The fraction of sp³-hybridized carbons (Fsp3) is 0.177. The monoisotopic (exact) mass is 1320 g/mol. The van der Waals surface area contributed by atoms with Crippen LogP contribution in [0, 0.1) is 13.5 Å². The SMILES string of the molecule is [C-]#[N+]c1ccc2c(c1)c1ccccc1n2-c1ccc2c(c1)N(c1c(-c3ccccc3)cc(C(C)(C)C)cc1-c1ccccc1)c1cc(C)cc3c1B2c1ccc(-n2c4ccc(C(C)(C)C)cc4c4cc(C(C)(C)C)ccc42)cc1N3c1c(-c2ccccc2)cc(C(C)(C)C)cc1-c1ccccc1. The number of aryl methyl sites for hydroxylation is 1. The van der Waals surface area contributed by atoms with E-state index in [4.69, 9.17) is 6.57 Å². The fourth-order valence-corrected chi connectivity index (χ4v) is 16.4. The number of para-hydroxylation sites is 1. The summed E-state index contributed by atoms with van der Waals surface area (Å²) in [5.41, 5.74) is 32.6. The maximum Gasteiger partial charge on any atom is 0.252 e. The van der Waals surface area contributed by atoms with E-state index in [1.54, 1.807) is 0 Å². The van der Waals surface area contributed by atoms with Crippen LogP contribution in [0.1, 0.15) is 111 Å². The summed E-state index contributed by atoms with van der Waals surface area (Å²) in [6.45, 7) is 38.2. The van der Waals surface area contributed by atoms with E-state index in [2.05, 4.69) is 381 Å². The average Bonchev–Trinajstić information content (AvgIpc) is 0.804. The van der Waals surface area contributed by atoms with E-state index < -0.39 is 0 Å². The van der Waals surface area contributed by atoms with Gasteiger partial charge in [0.05, 0.1) is 40.0 Å². The molecule has 0 aliphatic carbocycles. The minimum Gasteiger partial charge on any atom is -0.310 e. The second-order valence-corrected chi connectivity index (χ2v) is 32.6. The van der Waals surface area contributed by atoms with Crippen LogP contribution in [-0.2, 0) is 21.7 Å². The van der Waals surface area contributed by atoms with E-state index in [1.165, 1.54) is 60.4 Å². The highest BCUT2D eigenvalue weighted by Crippen LogP contribution is 2.55. The van der Waals surface area contributed by atoms with Gasteiger partial charge in [-0.15, -0.1) is 0 Å². The molecule has 5 nitrogen and oxygen atoms in total. The molecule has 0 bridgehead atoms. The van der Waals surface area contributed by atoms with Crippen molar-refractivity contribution in [1.82, 2.24) is 9.13 Å². The molecule has 0 atom stereocenters. The fourth-order valence-electron chi connectivity index (χ4n) is 16.4. The molecule has 0 fully saturated rings. The molecule has 4 heterocycles. The van der Waals surface area contributed by atoms with E-state index in [0.717, 1.165) is 117 Å². The molecule has 0 N–H and O–H groups in total. The van der Waals surface area contributed by atoms with Gasteiger partial charge in [0.25, 0.3) is 6.71 Å². The second-order valence-electron chi connectivity index (χ2n) is 32.6. The zero-order valence-electron chi connectivity index (χ0n) is 60.8. The number of aromatic nitrogens is 2. The van der Waals surface area contributed by atoms with E-state index in [-0.39, 0.29) is 28.4 Å². The average molecular weight is 1320 g/mol. The lowest BCUT2D eigenvalue weighted by Gasteiger charge is -2.46. The summed E-state index contributed by atoms with van der Waals surface area (Å²) < 4.78 is 4.97. The molecule has 102 heavy (non-hydrogen) atoms. The van der Waals surface area contributed by atoms with Crippen LogP contribution in [0.2, 0.25) is 0 Å². The first-order valence-electron chi connectivity index (χ1n) is 36.1. The Bertz CT molecular complexity index is 5750. The summed E-state index contributed by atoms with van der Waals surface area (Å²) in [6, 6.07) is 103. The van der Waals surface area contributed by atoms with Crippen LogP contribution in [0.15, 0.2) is 273 Å². The Labute approximate surface area is 601 Å². The Morgan fingerprint density at radius 3 is 1.02 bits per heavy atom. The molecule has 2 aliphatic rings. The summed E-state index contributed by atoms with van der Waals surface area (Å²) in [4.78, 5) is 9.33. The molecule has 0 saturated heterocycles. The normalized spacial score (nSPS) is 13.1. The van der Waals surface area contributed by atoms with Gasteiger partial charge in [-0.2, -0.15) is 0 Å². The number of hydrogen-bond acceptors (Lipinski definition) is 2. The quantitative estimate of drug-likeness (QED) is 0.112. The molecule has 0 unspecified atom stereocenters. The molecular weight excluding hydrogens is 1230 g/mol. The van der Waals surface area contributed by atoms with E-state index in [0.29, 0.717) is 5.69 Å². The topological polar surface area (TPSA) is 20.7 Å². The van der Waals surface area contributed by atoms with Crippen molar-refractivity contribution >= 4 is 107 Å². The molecule has 15 aromatic rings. The third-order valence-corrected chi connectivity index (χ3v) is 21.7. The minimum absolute atomic E-state index is 0.0579. The van der Waals surface area contributed by atoms with Crippen LogP contribution >= 0.6 is 0 Å². The van der Waals surface area contributed by atoms with Crippen molar-refractivity contribution in [3.8, 4) is 55.9 Å². The number of nitrogens with zero attached hydrogens (tertiary/aromatic N) is 5. The molecule has 13 aromatic carbocycles. The largest absolute Gasteiger partial charge is 0.310 e. The number of anilines is 6. The molecule has 17 rings (SSSR count). The highest BCUT2D eigenvalue weighted by atomic mass is 15.2. The van der Waals surface area contributed by atoms with Gasteiger partial charge in [-0.25, -0.2) is 4.85 Å². The summed E-state index contributed by atoms with van der Waals surface area (Å²) in [5, 5.41) is 4.68. The molecule has 6 heteroatoms. The van der Waals surface area contributed by atoms with Crippen molar-refractivity contribution in [3.63, 3.8) is 0 Å². The van der Waals surface area contributed by atoms with Crippen LogP contribution in [0.3, 0.4) is 0 Å². The zero-order valence-corrected chi connectivity index (χ0v) is 60.8. The summed E-state index contributed by atoms with van der Waals surface area (Å²) in [6.07, 6.45) is 0. The van der Waals surface area contributed by atoms with Crippen molar-refractivity contribution in [2.45, 2.75) is 112 Å². The third-order valence-electron chi connectivity index (χ3n) is 21.7. The lowest BCUT2D eigenvalue weighted by molar-refractivity contribution is 0.590. The maximum absolute atomic E-state index is 8.16. The maximum atomic E-state index is 8.16. The van der Waals surface area contributed by atoms with Crippen molar-refractivity contribution in [3.05, 3.63) is 312 Å². The van der Waals surface area contributed by atoms with Gasteiger partial charge in [-0.1, -0.05) is 253 Å². The lowest BCUT2D eigenvalue weighted by atomic mass is 9.33. The first-order valence-corrected chi connectivity index (χ1v) is 36.1. The molecule has 0 amide bonds. The minimum atomic E-state index is -0.249. The standard InChI is InChI=1S/C96H84BN5/c1-60-49-88-90-89(50-60)102(92-75(63-33-23-17-24-34-63)55-68(96(11,12)13)56-76(92)64-35-25-18-26-36-64)87-59-71(100-83-46-39-65(93(2,3)4)51-77(83)78-52-66(94(5,6)7)40-47-84(78)100)43-45-81(87)97(90)80-44-42-70(99-82-38-28-27-37-72(82)79-57-69(98-14)41-48-85(79)99)58-86(80)101(88)91-73(61-29-19-15-20-30-61)53-67(95(8,9)10)54-74(91)62-31-21-16-22-32-62/h15-59H,1-13H3. The Morgan fingerprint density at radius 2 is 0.647 bits per heavy atom. The molecular formula is C96H84BN5. The van der Waals surface area contributed by atoms with E-state index >= 15 is 0 Å². The van der Waals surface area contributed by atoms with Gasteiger partial charge in [0.1, 0.15) is 0 Å². The van der Waals surface area contributed by atoms with Gasteiger partial charge in [-0.3, -0.25) is 0 Å². The predicted octanol–water partition coefficient (Wildman–Crippen LogP) is 24.7. The summed E-state index contributed by atoms with van der Waals surface area (Å²) in [7, 11) is 0. The Balaban J connectivity index is 1.05. The van der Waals surface area contributed by atoms with Gasteiger partial charge in [0.15, 0.2) is 5.69 Å². The van der Waals surface area contributed by atoms with E-state index in [1.807, 2.05) is 6.07 Å². The van der Waals surface area contributed by atoms with E-state index in [9.17, 15) is 0 Å². The molecule has 0 spiro atoms. The highest BCUT2D eigenvalue weighted by Gasteiger charge is 2.46. The number of rotatable bonds is 8. The van der Waals surface area contributed by atoms with Crippen molar-refractivity contribution < 1.29 is 0 Å². The smallest absolute Gasteiger partial charge is 0.252 e. The molecule has 496 valence electrons. The van der Waals surface area contributed by atoms with Crippen LogP contribution in [0.4, 0.5) is 39.8 Å². The first kappa shape index (κ1) is 64.0. The van der Waals surface area contributed by atoms with Crippen LogP contribution in [-0.4, -0.2) is 15.8 Å². The second kappa shape index (κ2) is 23.6.